The monoisotopic (exact) mass is 627 g/mol. The number of ether oxygens (including phenoxy) is 1. The number of hydrogen-bond donors (Lipinski definition) is 1. The van der Waals surface area contributed by atoms with E-state index < -0.39 is 75.3 Å². The molecule has 6 nitrogen and oxygen atoms in total. The lowest BCUT2D eigenvalue weighted by atomic mass is 9.89. The lowest BCUT2D eigenvalue weighted by Crippen LogP contribution is -2.74. The second kappa shape index (κ2) is 10.6. The molecular weight excluding hydrogens is 613 g/mol. The van der Waals surface area contributed by atoms with Gasteiger partial charge < -0.3 is 23.3 Å². The Hall–Kier alpha value is -1.82. The first-order chi connectivity index (χ1) is 16.5. The molecule has 0 aliphatic carbocycles. The van der Waals surface area contributed by atoms with Crippen molar-refractivity contribution in [2.24, 2.45) is 0 Å². The van der Waals surface area contributed by atoms with Gasteiger partial charge in [-0.15, -0.1) is 0 Å². The van der Waals surface area contributed by atoms with Crippen LogP contribution in [0.25, 0.3) is 0 Å². The fourth-order valence-corrected chi connectivity index (χ4v) is 3.44. The molecule has 0 aromatic rings. The summed E-state index contributed by atoms with van der Waals surface area (Å²) in [6.45, 7) is -3.38. The van der Waals surface area contributed by atoms with Crippen molar-refractivity contribution in [1.29, 1.82) is 0 Å². The molecule has 0 aromatic carbocycles. The summed E-state index contributed by atoms with van der Waals surface area (Å²) in [5, 5.41) is 1.45. The highest BCUT2D eigenvalue weighted by atomic mass is 28.4. The Labute approximate surface area is 200 Å². The van der Waals surface area contributed by atoms with Gasteiger partial charge in [0.2, 0.25) is 0 Å². The van der Waals surface area contributed by atoms with E-state index in [0.717, 1.165) is 21.3 Å². The Balaban J connectivity index is 6.14. The van der Waals surface area contributed by atoms with Crippen LogP contribution >= 0.6 is 0 Å². The zero-order valence-electron chi connectivity index (χ0n) is 18.4. The van der Waals surface area contributed by atoms with E-state index in [-0.39, 0.29) is 0 Å². The van der Waals surface area contributed by atoms with Crippen molar-refractivity contribution in [2.45, 2.75) is 47.6 Å². The third-order valence-electron chi connectivity index (χ3n) is 4.55. The molecule has 0 atom stereocenters. The Morgan fingerprint density at radius 2 is 0.895 bits per heavy atom. The standard InChI is InChI=1S/C14H14F17NO5Si/c1-34-38(35-2,36-3)5-32-6(33)37-4-7(15,16)8(17,18)9(19,20)10(21,22)11(23,24)12(25,26)13(27,28)14(29,30)31/h4-5H2,1-3H3,(H,32,33). The lowest BCUT2D eigenvalue weighted by Gasteiger charge is -2.42. The van der Waals surface area contributed by atoms with Gasteiger partial charge in [0.25, 0.3) is 0 Å². The highest BCUT2D eigenvalue weighted by molar-refractivity contribution is 6.61. The normalized spacial score (nSPS) is 15.5. The number of alkyl carbamates (subject to hydrolysis) is 1. The Morgan fingerprint density at radius 1 is 0.579 bits per heavy atom. The SMILES string of the molecule is CO[Si](CNC(=O)OCC(F)(F)C(F)(F)C(F)(F)C(F)(F)C(F)(F)C(F)(F)C(F)(F)C(F)(F)F)(OC)OC. The molecule has 0 radical (unpaired) electrons. The predicted molar refractivity (Wildman–Crippen MR) is 86.8 cm³/mol. The van der Waals surface area contributed by atoms with Gasteiger partial charge in [-0.25, -0.2) is 4.79 Å². The molecule has 0 bridgehead atoms. The molecule has 0 fully saturated rings. The Kier molecular flexibility index (Phi) is 10.1. The molecule has 0 saturated carbocycles. The van der Waals surface area contributed by atoms with Gasteiger partial charge in [-0.2, -0.15) is 74.6 Å². The van der Waals surface area contributed by atoms with Crippen LogP contribution in [0.1, 0.15) is 0 Å². The molecule has 24 heteroatoms. The summed E-state index contributed by atoms with van der Waals surface area (Å²) in [5.41, 5.74) is 0. The summed E-state index contributed by atoms with van der Waals surface area (Å²) in [4.78, 5) is 11.4. The van der Waals surface area contributed by atoms with Crippen LogP contribution in [0.2, 0.25) is 0 Å². The first-order valence-electron chi connectivity index (χ1n) is 8.81. The zero-order chi connectivity index (χ0) is 31.0. The molecule has 0 saturated heterocycles. The maximum absolute atomic E-state index is 13.7. The second-order valence-corrected chi connectivity index (χ2v) is 9.82. The zero-order valence-corrected chi connectivity index (χ0v) is 19.4. The average molecular weight is 627 g/mol. The van der Waals surface area contributed by atoms with Gasteiger partial charge in [-0.3, -0.25) is 0 Å². The van der Waals surface area contributed by atoms with Crippen LogP contribution in [0.5, 0.6) is 0 Å². The van der Waals surface area contributed by atoms with Crippen molar-refractivity contribution in [2.75, 3.05) is 34.1 Å². The largest absolute Gasteiger partial charge is 0.520 e. The van der Waals surface area contributed by atoms with Crippen LogP contribution in [0, 0.1) is 0 Å². The molecule has 38 heavy (non-hydrogen) atoms. The van der Waals surface area contributed by atoms with E-state index in [0.29, 0.717) is 0 Å². The number of rotatable bonds is 13. The van der Waals surface area contributed by atoms with Crippen molar-refractivity contribution in [3.05, 3.63) is 0 Å². The number of nitrogens with one attached hydrogen (secondary N) is 1. The van der Waals surface area contributed by atoms with Gasteiger partial charge in [-0.05, 0) is 0 Å². The van der Waals surface area contributed by atoms with Gasteiger partial charge in [0.15, 0.2) is 6.61 Å². The summed E-state index contributed by atoms with van der Waals surface area (Å²) in [6, 6.07) is 0. The minimum absolute atomic E-state index is 0.903. The van der Waals surface area contributed by atoms with E-state index in [2.05, 4.69) is 4.74 Å². The first-order valence-corrected chi connectivity index (χ1v) is 10.7. The fourth-order valence-electron chi connectivity index (χ4n) is 2.14. The highest BCUT2D eigenvalue weighted by Gasteiger charge is 2.95. The maximum atomic E-state index is 13.7. The number of carbonyl (C=O) groups excluding carboxylic acids is 1. The van der Waals surface area contributed by atoms with E-state index >= 15 is 0 Å². The molecule has 0 aromatic heterocycles. The molecule has 1 amide bonds. The number of hydrogen-bond acceptors (Lipinski definition) is 5. The molecule has 0 rings (SSSR count). The van der Waals surface area contributed by atoms with Crippen LogP contribution < -0.4 is 5.32 Å². The number of carbonyl (C=O) groups is 1. The van der Waals surface area contributed by atoms with E-state index in [4.69, 9.17) is 13.3 Å². The van der Waals surface area contributed by atoms with Gasteiger partial charge >= 0.3 is 62.5 Å². The van der Waals surface area contributed by atoms with E-state index in [9.17, 15) is 79.4 Å². The molecule has 0 aliphatic heterocycles. The lowest BCUT2D eigenvalue weighted by molar-refractivity contribution is -0.462. The molecule has 0 heterocycles. The first kappa shape index (κ1) is 36.2. The van der Waals surface area contributed by atoms with E-state index in [1.165, 1.54) is 5.32 Å². The molecule has 1 N–H and O–H groups in total. The number of amides is 1. The maximum Gasteiger partial charge on any atom is 0.520 e. The van der Waals surface area contributed by atoms with Crippen LogP contribution in [0.15, 0.2) is 0 Å². The quantitative estimate of drug-likeness (QED) is 0.227. The number of alkyl halides is 17. The topological polar surface area (TPSA) is 66.0 Å². The summed E-state index contributed by atoms with van der Waals surface area (Å²) in [5.74, 6) is -57.6. The van der Waals surface area contributed by atoms with Crippen molar-refractivity contribution in [3.8, 4) is 0 Å². The molecule has 0 unspecified atom stereocenters. The third kappa shape index (κ3) is 5.57. The average Bonchev–Trinajstić information content (AvgIpc) is 2.77. The van der Waals surface area contributed by atoms with Crippen LogP contribution in [-0.2, 0) is 18.0 Å². The Bertz CT molecular complexity index is 822. The predicted octanol–water partition coefficient (Wildman–Crippen LogP) is 5.14. The summed E-state index contributed by atoms with van der Waals surface area (Å²) in [6.07, 6.45) is -11.0. The van der Waals surface area contributed by atoms with E-state index in [1.807, 2.05) is 0 Å². The minimum Gasteiger partial charge on any atom is -0.443 e. The van der Waals surface area contributed by atoms with Crippen molar-refractivity contribution in [3.63, 3.8) is 0 Å². The summed E-state index contributed by atoms with van der Waals surface area (Å²) in [7, 11) is -1.01. The summed E-state index contributed by atoms with van der Waals surface area (Å²) >= 11 is 0. The van der Waals surface area contributed by atoms with Gasteiger partial charge in [-0.1, -0.05) is 0 Å². The van der Waals surface area contributed by atoms with E-state index in [1.54, 1.807) is 0 Å². The van der Waals surface area contributed by atoms with Gasteiger partial charge in [0.05, 0.1) is 6.17 Å². The van der Waals surface area contributed by atoms with Crippen molar-refractivity contribution in [1.82, 2.24) is 5.32 Å². The van der Waals surface area contributed by atoms with Crippen LogP contribution in [0.4, 0.5) is 79.4 Å². The smallest absolute Gasteiger partial charge is 0.443 e. The van der Waals surface area contributed by atoms with Crippen LogP contribution in [0.3, 0.4) is 0 Å². The van der Waals surface area contributed by atoms with Crippen LogP contribution in [-0.4, -0.2) is 96.6 Å². The molecule has 228 valence electrons. The molecule has 0 spiro atoms. The fraction of sp³-hybridized carbons (Fsp3) is 0.929. The number of halogens is 17. The Morgan fingerprint density at radius 3 is 1.21 bits per heavy atom. The van der Waals surface area contributed by atoms with Gasteiger partial charge in [0, 0.05) is 21.3 Å². The highest BCUT2D eigenvalue weighted by Crippen LogP contribution is 2.63. The second-order valence-electron chi connectivity index (χ2n) is 6.87. The summed E-state index contributed by atoms with van der Waals surface area (Å²) < 4.78 is 241. The minimum atomic E-state index is -8.74. The molecular formula is C14H14F17NO5Si. The van der Waals surface area contributed by atoms with Crippen molar-refractivity contribution < 1.29 is 97.4 Å². The third-order valence-corrected chi connectivity index (χ3v) is 7.03. The van der Waals surface area contributed by atoms with Gasteiger partial charge in [0.1, 0.15) is 0 Å². The molecule has 0 aliphatic rings. The van der Waals surface area contributed by atoms with Crippen molar-refractivity contribution >= 4 is 14.9 Å².